The molecule has 0 fully saturated rings. The number of carbonyl (C=O) groups is 1. The van der Waals surface area contributed by atoms with Gasteiger partial charge in [-0.2, -0.15) is 16.4 Å². The molecule has 0 saturated heterocycles. The number of aromatic amines is 1. The first-order chi connectivity index (χ1) is 8.27. The van der Waals surface area contributed by atoms with Crippen LogP contribution in [-0.4, -0.2) is 21.3 Å². The van der Waals surface area contributed by atoms with Crippen molar-refractivity contribution in [2.45, 2.75) is 0 Å². The van der Waals surface area contributed by atoms with Gasteiger partial charge in [-0.1, -0.05) is 6.07 Å². The van der Waals surface area contributed by atoms with Gasteiger partial charge < -0.3 is 5.11 Å². The molecule has 1 aromatic carbocycles. The second-order valence-electron chi connectivity index (χ2n) is 3.62. The molecule has 2 N–H and O–H groups in total. The number of aromatic carboxylic acids is 1. The highest BCUT2D eigenvalue weighted by molar-refractivity contribution is 7.08. The average Bonchev–Trinajstić information content (AvgIpc) is 2.96. The van der Waals surface area contributed by atoms with Gasteiger partial charge in [0.2, 0.25) is 0 Å². The molecule has 4 nitrogen and oxygen atoms in total. The Morgan fingerprint density at radius 3 is 2.94 bits per heavy atom. The molecule has 0 aliphatic heterocycles. The molecule has 3 rings (SSSR count). The molecule has 0 bridgehead atoms. The van der Waals surface area contributed by atoms with E-state index in [0.29, 0.717) is 11.1 Å². The quantitative estimate of drug-likeness (QED) is 0.728. The van der Waals surface area contributed by atoms with Crippen LogP contribution in [0, 0.1) is 0 Å². The second-order valence-corrected chi connectivity index (χ2v) is 4.40. The molecule has 0 radical (unpaired) electrons. The third-order valence-electron chi connectivity index (χ3n) is 2.61. The van der Waals surface area contributed by atoms with Crippen LogP contribution in [-0.2, 0) is 0 Å². The maximum absolute atomic E-state index is 11.2. The number of thiophene rings is 1. The molecule has 5 heteroatoms. The van der Waals surface area contributed by atoms with Crippen molar-refractivity contribution in [3.05, 3.63) is 40.6 Å². The van der Waals surface area contributed by atoms with Crippen LogP contribution >= 0.6 is 11.3 Å². The molecule has 0 spiro atoms. The van der Waals surface area contributed by atoms with Gasteiger partial charge in [-0.15, -0.1) is 0 Å². The van der Waals surface area contributed by atoms with E-state index in [1.165, 1.54) is 0 Å². The van der Waals surface area contributed by atoms with Gasteiger partial charge in [0.25, 0.3) is 0 Å². The Morgan fingerprint density at radius 2 is 2.24 bits per heavy atom. The summed E-state index contributed by atoms with van der Waals surface area (Å²) in [5, 5.41) is 20.8. The zero-order valence-corrected chi connectivity index (χ0v) is 9.49. The molecule has 17 heavy (non-hydrogen) atoms. The number of H-pyrrole nitrogens is 1. The molecule has 3 aromatic rings. The Kier molecular flexibility index (Phi) is 2.19. The molecule has 0 aliphatic rings. The summed E-state index contributed by atoms with van der Waals surface area (Å²) in [5.74, 6) is -0.937. The van der Waals surface area contributed by atoms with E-state index < -0.39 is 5.97 Å². The largest absolute Gasteiger partial charge is 0.478 e. The number of nitrogens with one attached hydrogen (secondary N) is 1. The summed E-state index contributed by atoms with van der Waals surface area (Å²) in [4.78, 5) is 11.2. The van der Waals surface area contributed by atoms with Crippen molar-refractivity contribution in [1.82, 2.24) is 10.2 Å². The molecule has 84 valence electrons. The Balaban J connectivity index is 2.37. The maximum atomic E-state index is 11.2. The lowest BCUT2D eigenvalue weighted by atomic mass is 10.1. The fourth-order valence-corrected chi connectivity index (χ4v) is 2.50. The van der Waals surface area contributed by atoms with Crippen molar-refractivity contribution in [2.24, 2.45) is 0 Å². The number of carboxylic acid groups (broad SMARTS) is 1. The van der Waals surface area contributed by atoms with Crippen LogP contribution in [0.15, 0.2) is 35.0 Å². The lowest BCUT2D eigenvalue weighted by molar-refractivity contribution is 0.0699. The van der Waals surface area contributed by atoms with E-state index in [4.69, 9.17) is 0 Å². The minimum atomic E-state index is -0.937. The van der Waals surface area contributed by atoms with Gasteiger partial charge >= 0.3 is 5.97 Å². The van der Waals surface area contributed by atoms with Crippen molar-refractivity contribution in [3.63, 3.8) is 0 Å². The third-order valence-corrected chi connectivity index (χ3v) is 3.30. The van der Waals surface area contributed by atoms with Crippen LogP contribution in [0.5, 0.6) is 0 Å². The van der Waals surface area contributed by atoms with Crippen molar-refractivity contribution in [2.75, 3.05) is 0 Å². The standard InChI is InChI=1S/C12H8N2O2S/c15-12(16)8-2-1-3-9-10(8)11(14-13-9)7-4-5-17-6-7/h1-6H,(H,13,14)(H,15,16). The Morgan fingerprint density at radius 1 is 1.35 bits per heavy atom. The highest BCUT2D eigenvalue weighted by atomic mass is 32.1. The highest BCUT2D eigenvalue weighted by Crippen LogP contribution is 2.30. The monoisotopic (exact) mass is 244 g/mol. The summed E-state index contributed by atoms with van der Waals surface area (Å²) < 4.78 is 0. The Hall–Kier alpha value is -2.14. The summed E-state index contributed by atoms with van der Waals surface area (Å²) in [6.45, 7) is 0. The summed E-state index contributed by atoms with van der Waals surface area (Å²) in [5.41, 5.74) is 2.65. The van der Waals surface area contributed by atoms with Gasteiger partial charge in [-0.3, -0.25) is 5.10 Å². The lowest BCUT2D eigenvalue weighted by Gasteiger charge is -1.98. The van der Waals surface area contributed by atoms with Crippen LogP contribution in [0.3, 0.4) is 0 Å². The molecule has 0 unspecified atom stereocenters. The summed E-state index contributed by atoms with van der Waals surface area (Å²) >= 11 is 1.56. The number of benzene rings is 1. The summed E-state index contributed by atoms with van der Waals surface area (Å²) in [7, 11) is 0. The zero-order chi connectivity index (χ0) is 11.8. The molecule has 0 aliphatic carbocycles. The zero-order valence-electron chi connectivity index (χ0n) is 8.68. The number of fused-ring (bicyclic) bond motifs is 1. The lowest BCUT2D eigenvalue weighted by Crippen LogP contribution is -1.96. The maximum Gasteiger partial charge on any atom is 0.336 e. The number of hydrogen-bond donors (Lipinski definition) is 2. The normalized spacial score (nSPS) is 10.8. The average molecular weight is 244 g/mol. The number of rotatable bonds is 2. The van der Waals surface area contributed by atoms with E-state index in [-0.39, 0.29) is 5.56 Å². The van der Waals surface area contributed by atoms with Gasteiger partial charge in [0.1, 0.15) is 5.69 Å². The van der Waals surface area contributed by atoms with Crippen LogP contribution in [0.1, 0.15) is 10.4 Å². The summed E-state index contributed by atoms with van der Waals surface area (Å²) in [6, 6.07) is 7.06. The van der Waals surface area contributed by atoms with Crippen LogP contribution in [0.4, 0.5) is 0 Å². The predicted octanol–water partition coefficient (Wildman–Crippen LogP) is 2.99. The fourth-order valence-electron chi connectivity index (χ4n) is 1.86. The van der Waals surface area contributed by atoms with E-state index >= 15 is 0 Å². The van der Waals surface area contributed by atoms with Gasteiger partial charge in [-0.25, -0.2) is 4.79 Å². The molecule has 0 atom stereocenters. The van der Waals surface area contributed by atoms with Gasteiger partial charge in [-0.05, 0) is 23.6 Å². The highest BCUT2D eigenvalue weighted by Gasteiger charge is 2.15. The van der Waals surface area contributed by atoms with E-state index in [1.807, 2.05) is 22.9 Å². The third kappa shape index (κ3) is 1.52. The van der Waals surface area contributed by atoms with Gasteiger partial charge in [0.05, 0.1) is 11.1 Å². The summed E-state index contributed by atoms with van der Waals surface area (Å²) in [6.07, 6.45) is 0. The number of aromatic nitrogens is 2. The van der Waals surface area contributed by atoms with Crippen LogP contribution in [0.25, 0.3) is 22.2 Å². The smallest absolute Gasteiger partial charge is 0.336 e. The first kappa shape index (κ1) is 10.0. The number of hydrogen-bond acceptors (Lipinski definition) is 3. The molecular weight excluding hydrogens is 236 g/mol. The number of carboxylic acids is 1. The minimum absolute atomic E-state index is 0.275. The number of nitrogens with zero attached hydrogens (tertiary/aromatic N) is 1. The second kappa shape index (κ2) is 3.71. The fraction of sp³-hybridized carbons (Fsp3) is 0. The molecule has 2 heterocycles. The molecule has 0 amide bonds. The Labute approximate surface area is 101 Å². The van der Waals surface area contributed by atoms with Crippen molar-refractivity contribution in [1.29, 1.82) is 0 Å². The first-order valence-electron chi connectivity index (χ1n) is 5.00. The first-order valence-corrected chi connectivity index (χ1v) is 5.94. The predicted molar refractivity (Wildman–Crippen MR) is 66.4 cm³/mol. The van der Waals surface area contributed by atoms with E-state index in [1.54, 1.807) is 23.5 Å². The van der Waals surface area contributed by atoms with Gasteiger partial charge in [0, 0.05) is 16.3 Å². The topological polar surface area (TPSA) is 66.0 Å². The van der Waals surface area contributed by atoms with E-state index in [9.17, 15) is 9.90 Å². The van der Waals surface area contributed by atoms with Crippen molar-refractivity contribution in [3.8, 4) is 11.3 Å². The van der Waals surface area contributed by atoms with E-state index in [0.717, 1.165) is 11.1 Å². The van der Waals surface area contributed by atoms with Crippen molar-refractivity contribution < 1.29 is 9.90 Å². The van der Waals surface area contributed by atoms with Crippen molar-refractivity contribution >= 4 is 28.2 Å². The SMILES string of the molecule is O=C(O)c1cccc2[nH]nc(-c3ccsc3)c12. The van der Waals surface area contributed by atoms with Crippen LogP contribution in [0.2, 0.25) is 0 Å². The molecule has 2 aromatic heterocycles. The molecular formula is C12H8N2O2S. The Bertz CT molecular complexity index is 686. The van der Waals surface area contributed by atoms with Gasteiger partial charge in [0.15, 0.2) is 0 Å². The van der Waals surface area contributed by atoms with Crippen LogP contribution < -0.4 is 0 Å². The molecule has 0 saturated carbocycles. The van der Waals surface area contributed by atoms with E-state index in [2.05, 4.69) is 10.2 Å². The minimum Gasteiger partial charge on any atom is -0.478 e.